The predicted molar refractivity (Wildman–Crippen MR) is 86.6 cm³/mol. The van der Waals surface area contributed by atoms with Gasteiger partial charge in [-0.2, -0.15) is 0 Å². The molecule has 2 aromatic rings. The number of carbonyl (C=O) groups excluding carboxylic acids is 1. The molecule has 1 aromatic heterocycles. The van der Waals surface area contributed by atoms with E-state index in [4.69, 9.17) is 5.73 Å². The molecule has 0 atom stereocenters. The molecule has 3 rings (SSSR count). The van der Waals surface area contributed by atoms with Crippen LogP contribution in [0, 0.1) is 0 Å². The first-order chi connectivity index (χ1) is 10.5. The van der Waals surface area contributed by atoms with Crippen LogP contribution in [0.25, 0.3) is 11.3 Å². The highest BCUT2D eigenvalue weighted by molar-refractivity contribution is 7.14. The summed E-state index contributed by atoms with van der Waals surface area (Å²) in [6.07, 6.45) is 0. The highest BCUT2D eigenvalue weighted by atomic mass is 32.1. The molecule has 7 heteroatoms. The van der Waals surface area contributed by atoms with E-state index in [1.54, 1.807) is 23.5 Å². The van der Waals surface area contributed by atoms with E-state index in [-0.39, 0.29) is 11.3 Å². The first-order valence-electron chi connectivity index (χ1n) is 7.19. The number of nitrogens with one attached hydrogen (secondary N) is 1. The van der Waals surface area contributed by atoms with Crippen LogP contribution in [0.1, 0.15) is 10.4 Å². The van der Waals surface area contributed by atoms with Crippen molar-refractivity contribution in [2.24, 2.45) is 5.73 Å². The zero-order valence-corrected chi connectivity index (χ0v) is 13.2. The average Bonchev–Trinajstić information content (AvgIpc) is 2.98. The Labute approximate surface area is 132 Å². The molecule has 1 saturated heterocycles. The van der Waals surface area contributed by atoms with Gasteiger partial charge in [-0.15, -0.1) is 11.3 Å². The van der Waals surface area contributed by atoms with Gasteiger partial charge in [0.05, 0.1) is 44.5 Å². The Morgan fingerprint density at radius 3 is 2.82 bits per heavy atom. The summed E-state index contributed by atoms with van der Waals surface area (Å²) in [6.45, 7) is 4.22. The Kier molecular flexibility index (Phi) is 4.00. The van der Waals surface area contributed by atoms with E-state index in [1.807, 2.05) is 5.38 Å². The highest BCUT2D eigenvalue weighted by Crippen LogP contribution is 2.30. The number of thiazole rings is 1. The number of benzene rings is 1. The molecular formula is C15H19N4O2S+. The number of anilines is 1. The summed E-state index contributed by atoms with van der Waals surface area (Å²) < 4.78 is 0. The molecule has 0 unspecified atom stereocenters. The maximum Gasteiger partial charge on any atom is 0.252 e. The Balaban J connectivity index is 1.85. The van der Waals surface area contributed by atoms with Crippen molar-refractivity contribution in [3.05, 3.63) is 29.1 Å². The predicted octanol–water partition coefficient (Wildman–Crippen LogP) is -0.0507. The first-order valence-corrected chi connectivity index (χ1v) is 8.07. The van der Waals surface area contributed by atoms with Crippen molar-refractivity contribution in [3.8, 4) is 17.0 Å². The summed E-state index contributed by atoms with van der Waals surface area (Å²) in [4.78, 5) is 19.8. The number of carbonyl (C=O) groups is 1. The van der Waals surface area contributed by atoms with Gasteiger partial charge in [0.1, 0.15) is 5.75 Å². The van der Waals surface area contributed by atoms with Crippen molar-refractivity contribution in [2.45, 2.75) is 0 Å². The van der Waals surface area contributed by atoms with E-state index in [9.17, 15) is 9.90 Å². The molecule has 0 saturated carbocycles. The van der Waals surface area contributed by atoms with E-state index in [1.165, 1.54) is 11.0 Å². The Hall–Kier alpha value is -2.12. The Morgan fingerprint density at radius 1 is 1.41 bits per heavy atom. The van der Waals surface area contributed by atoms with E-state index in [0.717, 1.165) is 42.6 Å². The smallest absolute Gasteiger partial charge is 0.252 e. The van der Waals surface area contributed by atoms with Crippen molar-refractivity contribution in [3.63, 3.8) is 0 Å². The van der Waals surface area contributed by atoms with Gasteiger partial charge in [0.15, 0.2) is 5.13 Å². The van der Waals surface area contributed by atoms with Gasteiger partial charge in [0.25, 0.3) is 5.91 Å². The molecule has 0 aliphatic carbocycles. The van der Waals surface area contributed by atoms with Crippen LogP contribution in [0.2, 0.25) is 0 Å². The van der Waals surface area contributed by atoms with Crippen LogP contribution in [0.15, 0.2) is 23.6 Å². The van der Waals surface area contributed by atoms with Gasteiger partial charge in [-0.25, -0.2) is 4.98 Å². The van der Waals surface area contributed by atoms with Crippen LogP contribution in [0.5, 0.6) is 5.75 Å². The molecular weight excluding hydrogens is 300 g/mol. The SMILES string of the molecule is C[NH+]1CCN(c2nc(-c3ccc(O)c(C(N)=O)c3)cs2)CC1. The minimum atomic E-state index is -0.642. The van der Waals surface area contributed by atoms with Gasteiger partial charge < -0.3 is 20.6 Å². The van der Waals surface area contributed by atoms with Crippen LogP contribution < -0.4 is 15.5 Å². The molecule has 1 aromatic carbocycles. The van der Waals surface area contributed by atoms with E-state index < -0.39 is 5.91 Å². The second-order valence-electron chi connectivity index (χ2n) is 5.56. The standard InChI is InChI=1S/C15H18N4O2S/c1-18-4-6-19(7-5-18)15-17-12(9-22-15)10-2-3-13(20)11(8-10)14(16)21/h2-3,8-9,20H,4-7H2,1H3,(H2,16,21)/p+1. The fraction of sp³-hybridized carbons (Fsp3) is 0.333. The summed E-state index contributed by atoms with van der Waals surface area (Å²) in [7, 11) is 2.20. The third-order valence-corrected chi connectivity index (χ3v) is 4.84. The zero-order chi connectivity index (χ0) is 15.7. The van der Waals surface area contributed by atoms with E-state index >= 15 is 0 Å². The second-order valence-corrected chi connectivity index (χ2v) is 6.39. The average molecular weight is 319 g/mol. The molecule has 6 nitrogen and oxygen atoms in total. The Bertz CT molecular complexity index is 693. The number of piperazine rings is 1. The largest absolute Gasteiger partial charge is 0.507 e. The first kappa shape index (κ1) is 14.8. The van der Waals surface area contributed by atoms with Crippen LogP contribution in [-0.4, -0.2) is 49.2 Å². The van der Waals surface area contributed by atoms with Crippen molar-refractivity contribution >= 4 is 22.4 Å². The molecule has 0 spiro atoms. The molecule has 1 aliphatic heterocycles. The lowest BCUT2D eigenvalue weighted by molar-refractivity contribution is -0.880. The highest BCUT2D eigenvalue weighted by Gasteiger charge is 2.20. The minimum Gasteiger partial charge on any atom is -0.507 e. The molecule has 1 fully saturated rings. The third kappa shape index (κ3) is 2.90. The van der Waals surface area contributed by atoms with Gasteiger partial charge in [-0.3, -0.25) is 4.79 Å². The third-order valence-electron chi connectivity index (χ3n) is 3.94. The summed E-state index contributed by atoms with van der Waals surface area (Å²) in [5.41, 5.74) is 6.98. The molecule has 1 amide bonds. The minimum absolute atomic E-state index is 0.103. The monoisotopic (exact) mass is 319 g/mol. The molecule has 4 N–H and O–H groups in total. The second kappa shape index (κ2) is 5.94. The number of amides is 1. The van der Waals surface area contributed by atoms with Gasteiger partial charge in [-0.1, -0.05) is 0 Å². The number of nitrogens with zero attached hydrogens (tertiary/aromatic N) is 2. The molecule has 1 aliphatic rings. The number of aromatic nitrogens is 1. The van der Waals surface area contributed by atoms with Crippen molar-refractivity contribution in [2.75, 3.05) is 38.1 Å². The summed E-state index contributed by atoms with van der Waals surface area (Å²) in [5.74, 6) is -0.745. The van der Waals surface area contributed by atoms with Crippen molar-refractivity contribution in [1.29, 1.82) is 0 Å². The number of aromatic hydroxyl groups is 1. The molecule has 2 heterocycles. The quantitative estimate of drug-likeness (QED) is 0.741. The number of primary amides is 1. The number of hydrogen-bond donors (Lipinski definition) is 3. The van der Waals surface area contributed by atoms with Gasteiger partial charge in [-0.05, 0) is 18.2 Å². The lowest BCUT2D eigenvalue weighted by Crippen LogP contribution is -3.12. The summed E-state index contributed by atoms with van der Waals surface area (Å²) >= 11 is 1.60. The lowest BCUT2D eigenvalue weighted by atomic mass is 10.1. The van der Waals surface area contributed by atoms with E-state index in [0.29, 0.717) is 0 Å². The van der Waals surface area contributed by atoms with Crippen LogP contribution in [0.4, 0.5) is 5.13 Å². The fourth-order valence-electron chi connectivity index (χ4n) is 2.51. The van der Waals surface area contributed by atoms with Crippen molar-refractivity contribution < 1.29 is 14.8 Å². The topological polar surface area (TPSA) is 83.9 Å². The number of likely N-dealkylation sites (N-methyl/N-ethyl adjacent to an activating group) is 1. The van der Waals surface area contributed by atoms with E-state index in [2.05, 4.69) is 16.9 Å². The normalized spacial score (nSPS) is 16.0. The van der Waals surface area contributed by atoms with Crippen LogP contribution in [-0.2, 0) is 0 Å². The molecule has 0 bridgehead atoms. The van der Waals surface area contributed by atoms with Crippen LogP contribution in [0.3, 0.4) is 0 Å². The van der Waals surface area contributed by atoms with Crippen LogP contribution >= 0.6 is 11.3 Å². The number of quaternary nitrogens is 1. The summed E-state index contributed by atoms with van der Waals surface area (Å²) in [5, 5.41) is 12.6. The molecule has 22 heavy (non-hydrogen) atoms. The maximum absolute atomic E-state index is 11.3. The zero-order valence-electron chi connectivity index (χ0n) is 12.4. The Morgan fingerprint density at radius 2 is 2.14 bits per heavy atom. The maximum atomic E-state index is 11.3. The van der Waals surface area contributed by atoms with Gasteiger partial charge >= 0.3 is 0 Å². The van der Waals surface area contributed by atoms with Crippen molar-refractivity contribution in [1.82, 2.24) is 4.98 Å². The van der Waals surface area contributed by atoms with Gasteiger partial charge in [0, 0.05) is 10.9 Å². The fourth-order valence-corrected chi connectivity index (χ4v) is 3.40. The molecule has 0 radical (unpaired) electrons. The molecule has 116 valence electrons. The summed E-state index contributed by atoms with van der Waals surface area (Å²) in [6, 6.07) is 4.81. The number of rotatable bonds is 3. The lowest BCUT2D eigenvalue weighted by Gasteiger charge is -2.29. The van der Waals surface area contributed by atoms with Gasteiger partial charge in [0.2, 0.25) is 0 Å². The number of nitrogens with two attached hydrogens (primary N) is 1. The number of hydrogen-bond acceptors (Lipinski definition) is 5. The number of phenols is 1.